The van der Waals surface area contributed by atoms with E-state index in [2.05, 4.69) is 81.6 Å². The first-order valence-corrected chi connectivity index (χ1v) is 17.1. The predicted octanol–water partition coefficient (Wildman–Crippen LogP) is 7.18. The maximum atomic E-state index is 11.6. The maximum Gasteiger partial charge on any atom is 0.330 e. The van der Waals surface area contributed by atoms with E-state index in [1.165, 1.54) is 7.11 Å². The van der Waals surface area contributed by atoms with Gasteiger partial charge in [-0.2, -0.15) is 0 Å². The maximum absolute atomic E-state index is 11.6. The molecule has 0 spiro atoms. The molecule has 0 radical (unpaired) electrons. The van der Waals surface area contributed by atoms with E-state index in [-0.39, 0.29) is 34.0 Å². The van der Waals surface area contributed by atoms with Crippen LogP contribution in [-0.4, -0.2) is 42.4 Å². The third kappa shape index (κ3) is 8.97. The second kappa shape index (κ2) is 10.9. The summed E-state index contributed by atoms with van der Waals surface area (Å²) in [7, 11) is -2.35. The standard InChI is InChI=1S/C24H50O4Si2/c1-18(16-21(25)26-10)15-19(2)22(28-30(13,14)24(7,8)9)20(3)17-27-29(11,12)23(4,5)6/h16,19-20,22H,15,17H2,1-14H3/b18-16+/t19-,20+,22+/m0/s1. The van der Waals surface area contributed by atoms with Crippen LogP contribution in [0.5, 0.6) is 0 Å². The summed E-state index contributed by atoms with van der Waals surface area (Å²) in [5.41, 5.74) is 1.02. The normalized spacial score (nSPS) is 17.5. The van der Waals surface area contributed by atoms with Crippen molar-refractivity contribution in [2.45, 2.75) is 111 Å². The molecular formula is C24H50O4Si2. The molecule has 0 rings (SSSR count). The van der Waals surface area contributed by atoms with E-state index in [1.54, 1.807) is 6.08 Å². The molecule has 0 aromatic rings. The Morgan fingerprint density at radius 1 is 0.900 bits per heavy atom. The van der Waals surface area contributed by atoms with Crippen molar-refractivity contribution in [1.29, 1.82) is 0 Å². The van der Waals surface area contributed by atoms with Crippen LogP contribution < -0.4 is 0 Å². The van der Waals surface area contributed by atoms with Crippen molar-refractivity contribution in [2.75, 3.05) is 13.7 Å². The lowest BCUT2D eigenvalue weighted by Crippen LogP contribution is -2.49. The number of carbonyl (C=O) groups is 1. The van der Waals surface area contributed by atoms with Gasteiger partial charge in [-0.15, -0.1) is 0 Å². The smallest absolute Gasteiger partial charge is 0.330 e. The van der Waals surface area contributed by atoms with Gasteiger partial charge in [0, 0.05) is 18.6 Å². The molecule has 4 nitrogen and oxygen atoms in total. The first-order valence-electron chi connectivity index (χ1n) is 11.3. The Morgan fingerprint density at radius 3 is 1.77 bits per heavy atom. The predicted molar refractivity (Wildman–Crippen MR) is 134 cm³/mol. The fourth-order valence-electron chi connectivity index (χ4n) is 2.90. The number of carbonyl (C=O) groups excluding carboxylic acids is 1. The van der Waals surface area contributed by atoms with Crippen LogP contribution in [0.1, 0.15) is 68.7 Å². The van der Waals surface area contributed by atoms with E-state index < -0.39 is 16.6 Å². The van der Waals surface area contributed by atoms with E-state index in [0.717, 1.165) is 12.0 Å². The molecule has 0 aromatic carbocycles. The van der Waals surface area contributed by atoms with Gasteiger partial charge in [0.2, 0.25) is 0 Å². The van der Waals surface area contributed by atoms with Crippen molar-refractivity contribution in [3.8, 4) is 0 Å². The van der Waals surface area contributed by atoms with Crippen LogP contribution in [0.3, 0.4) is 0 Å². The molecule has 178 valence electrons. The molecule has 0 saturated heterocycles. The Bertz CT molecular complexity index is 583. The molecule has 0 saturated carbocycles. The van der Waals surface area contributed by atoms with Crippen molar-refractivity contribution < 1.29 is 18.4 Å². The number of methoxy groups -OCH3 is 1. The highest BCUT2D eigenvalue weighted by Crippen LogP contribution is 2.41. The lowest BCUT2D eigenvalue weighted by atomic mass is 9.89. The quantitative estimate of drug-likeness (QED) is 0.197. The molecule has 0 amide bonds. The van der Waals surface area contributed by atoms with Gasteiger partial charge in [0.1, 0.15) is 0 Å². The van der Waals surface area contributed by atoms with E-state index in [1.807, 2.05) is 6.92 Å². The minimum Gasteiger partial charge on any atom is -0.466 e. The zero-order chi connectivity index (χ0) is 24.1. The van der Waals surface area contributed by atoms with Crippen LogP contribution in [0.4, 0.5) is 0 Å². The van der Waals surface area contributed by atoms with Gasteiger partial charge in [0.05, 0.1) is 13.2 Å². The van der Waals surface area contributed by atoms with Crippen molar-refractivity contribution in [1.82, 2.24) is 0 Å². The van der Waals surface area contributed by atoms with Crippen molar-refractivity contribution in [3.05, 3.63) is 11.6 Å². The lowest BCUT2D eigenvalue weighted by molar-refractivity contribution is -0.134. The topological polar surface area (TPSA) is 44.8 Å². The Labute approximate surface area is 189 Å². The molecule has 0 aliphatic rings. The molecule has 0 unspecified atom stereocenters. The third-order valence-corrected chi connectivity index (χ3v) is 16.1. The highest BCUT2D eigenvalue weighted by atomic mass is 28.4. The summed E-state index contributed by atoms with van der Waals surface area (Å²) in [5, 5.41) is 0.329. The summed E-state index contributed by atoms with van der Waals surface area (Å²) in [4.78, 5) is 11.6. The zero-order valence-corrected chi connectivity index (χ0v) is 24.4. The summed E-state index contributed by atoms with van der Waals surface area (Å²) >= 11 is 0. The molecule has 3 atom stereocenters. The summed E-state index contributed by atoms with van der Waals surface area (Å²) in [5.74, 6) is 0.253. The van der Waals surface area contributed by atoms with Gasteiger partial charge in [-0.25, -0.2) is 4.79 Å². The fourth-order valence-corrected chi connectivity index (χ4v) is 5.52. The Kier molecular flexibility index (Phi) is 10.8. The molecule has 6 heteroatoms. The molecule has 0 fully saturated rings. The largest absolute Gasteiger partial charge is 0.466 e. The van der Waals surface area contributed by atoms with Crippen LogP contribution in [0, 0.1) is 11.8 Å². The molecule has 0 bridgehead atoms. The van der Waals surface area contributed by atoms with Gasteiger partial charge in [-0.1, -0.05) is 61.0 Å². The van der Waals surface area contributed by atoms with Gasteiger partial charge in [-0.3, -0.25) is 0 Å². The second-order valence-electron chi connectivity index (χ2n) is 12.1. The number of allylic oxidation sites excluding steroid dienone is 1. The average molecular weight is 459 g/mol. The average Bonchev–Trinajstić information content (AvgIpc) is 2.55. The number of rotatable bonds is 10. The minimum absolute atomic E-state index is 0.0802. The molecular weight excluding hydrogens is 408 g/mol. The van der Waals surface area contributed by atoms with Crippen LogP contribution in [0.2, 0.25) is 36.3 Å². The number of ether oxygens (including phenoxy) is 1. The highest BCUT2D eigenvalue weighted by Gasteiger charge is 2.42. The summed E-state index contributed by atoms with van der Waals surface area (Å²) in [6.45, 7) is 30.1. The van der Waals surface area contributed by atoms with Crippen molar-refractivity contribution in [3.63, 3.8) is 0 Å². The monoisotopic (exact) mass is 458 g/mol. The molecule has 0 aliphatic heterocycles. The van der Waals surface area contributed by atoms with E-state index >= 15 is 0 Å². The molecule has 0 aliphatic carbocycles. The van der Waals surface area contributed by atoms with Crippen LogP contribution >= 0.6 is 0 Å². The molecule has 30 heavy (non-hydrogen) atoms. The summed E-state index contributed by atoms with van der Waals surface area (Å²) in [6, 6.07) is 0. The highest BCUT2D eigenvalue weighted by molar-refractivity contribution is 6.74. The molecule has 0 heterocycles. The van der Waals surface area contributed by atoms with Gasteiger partial charge < -0.3 is 13.6 Å². The third-order valence-electron chi connectivity index (χ3n) is 7.08. The Balaban J connectivity index is 5.62. The van der Waals surface area contributed by atoms with Crippen LogP contribution in [-0.2, 0) is 18.4 Å². The minimum atomic E-state index is -1.95. The summed E-state index contributed by atoms with van der Waals surface area (Å²) in [6.07, 6.45) is 2.48. The zero-order valence-electron chi connectivity index (χ0n) is 22.4. The summed E-state index contributed by atoms with van der Waals surface area (Å²) < 4.78 is 18.3. The Hall–Kier alpha value is -0.436. The lowest BCUT2D eigenvalue weighted by Gasteiger charge is -2.44. The number of hydrogen-bond acceptors (Lipinski definition) is 4. The van der Waals surface area contributed by atoms with Gasteiger partial charge in [0.15, 0.2) is 16.6 Å². The first-order chi connectivity index (χ1) is 13.2. The van der Waals surface area contributed by atoms with Gasteiger partial charge in [-0.05, 0) is 55.5 Å². The van der Waals surface area contributed by atoms with E-state index in [0.29, 0.717) is 6.61 Å². The SMILES string of the molecule is COC(=O)/C=C(\C)C[C@H](C)[C@@H](O[Si](C)(C)C(C)(C)C)[C@H](C)CO[Si](C)(C)C(C)(C)C. The van der Waals surface area contributed by atoms with E-state index in [4.69, 9.17) is 13.6 Å². The van der Waals surface area contributed by atoms with Crippen LogP contribution in [0.15, 0.2) is 11.6 Å². The molecule has 0 aromatic heterocycles. The van der Waals surface area contributed by atoms with Crippen LogP contribution in [0.25, 0.3) is 0 Å². The van der Waals surface area contributed by atoms with Crippen molar-refractivity contribution in [2.24, 2.45) is 11.8 Å². The first kappa shape index (κ1) is 29.6. The van der Waals surface area contributed by atoms with E-state index in [9.17, 15) is 4.79 Å². The Morgan fingerprint density at radius 2 is 1.37 bits per heavy atom. The molecule has 0 N–H and O–H groups in total. The van der Waals surface area contributed by atoms with Gasteiger partial charge in [0.25, 0.3) is 0 Å². The van der Waals surface area contributed by atoms with Crippen molar-refractivity contribution >= 4 is 22.6 Å². The van der Waals surface area contributed by atoms with Gasteiger partial charge >= 0.3 is 5.97 Å². The number of esters is 1. The second-order valence-corrected chi connectivity index (χ2v) is 21.7. The number of hydrogen-bond donors (Lipinski definition) is 0. The fraction of sp³-hybridized carbons (Fsp3) is 0.875.